The molecule has 0 radical (unpaired) electrons. The number of benzene rings is 2. The summed E-state index contributed by atoms with van der Waals surface area (Å²) in [5, 5.41) is 10.5. The molecule has 2 aromatic carbocycles. The van der Waals surface area contributed by atoms with Crippen LogP contribution in [0.5, 0.6) is 0 Å². The minimum absolute atomic E-state index is 0.0111. The molecule has 2 aliphatic rings. The minimum atomic E-state index is -1.33. The number of likely N-dealkylation sites (tertiary alicyclic amines) is 1. The molecule has 0 spiro atoms. The van der Waals surface area contributed by atoms with Gasteiger partial charge in [-0.2, -0.15) is 0 Å². The normalized spacial score (nSPS) is 21.4. The van der Waals surface area contributed by atoms with E-state index in [2.05, 4.69) is 15.5 Å². The number of alkyl halides is 1. The van der Waals surface area contributed by atoms with Gasteiger partial charge in [0.05, 0.1) is 12.6 Å². The van der Waals surface area contributed by atoms with Crippen molar-refractivity contribution in [1.82, 2.24) is 20.4 Å². The van der Waals surface area contributed by atoms with Gasteiger partial charge in [-0.1, -0.05) is 56.3 Å². The van der Waals surface area contributed by atoms with Crippen molar-refractivity contribution in [3.63, 3.8) is 0 Å². The summed E-state index contributed by atoms with van der Waals surface area (Å²) in [6, 6.07) is 12.5. The Morgan fingerprint density at radius 3 is 2.50 bits per heavy atom. The quantitative estimate of drug-likeness (QED) is 0.532. The lowest BCUT2D eigenvalue weighted by Crippen LogP contribution is -2.50. The first-order valence-electron chi connectivity index (χ1n) is 12.2. The Hall–Kier alpha value is -3.62. The Bertz CT molecular complexity index is 1250. The predicted octanol–water partition coefficient (Wildman–Crippen LogP) is 4.21. The molecule has 2 heterocycles. The molecule has 3 aromatic rings. The molecule has 1 N–H and O–H groups in total. The maximum Gasteiger partial charge on any atom is 0.243 e. The molecule has 2 amide bonds. The van der Waals surface area contributed by atoms with Gasteiger partial charge in [0.15, 0.2) is 0 Å². The fraction of sp³-hybridized carbons (Fsp3) is 0.407. The van der Waals surface area contributed by atoms with Crippen LogP contribution >= 0.6 is 0 Å². The lowest BCUT2D eigenvalue weighted by Gasteiger charge is -2.29. The molecule has 2 fully saturated rings. The van der Waals surface area contributed by atoms with Crippen molar-refractivity contribution in [2.45, 2.75) is 62.7 Å². The van der Waals surface area contributed by atoms with Crippen molar-refractivity contribution < 1.29 is 22.8 Å². The number of carbonyl (C=O) groups excluding carboxylic acids is 2. The molecule has 1 saturated carbocycles. The van der Waals surface area contributed by atoms with Crippen LogP contribution in [0.1, 0.15) is 67.7 Å². The zero-order valence-corrected chi connectivity index (χ0v) is 20.2. The maximum absolute atomic E-state index is 14.9. The van der Waals surface area contributed by atoms with E-state index in [0.717, 1.165) is 12.0 Å². The van der Waals surface area contributed by atoms with Crippen LogP contribution in [-0.2, 0) is 15.0 Å². The summed E-state index contributed by atoms with van der Waals surface area (Å²) in [6.45, 7) is 3.64. The van der Waals surface area contributed by atoms with Gasteiger partial charge in [0, 0.05) is 6.42 Å². The van der Waals surface area contributed by atoms with E-state index in [4.69, 9.17) is 4.42 Å². The van der Waals surface area contributed by atoms with Crippen molar-refractivity contribution in [2.75, 3.05) is 6.54 Å². The Morgan fingerprint density at radius 2 is 1.89 bits per heavy atom. The minimum Gasteiger partial charge on any atom is -0.427 e. The van der Waals surface area contributed by atoms with Crippen LogP contribution in [0.3, 0.4) is 0 Å². The average molecular weight is 495 g/mol. The number of carbonyl (C=O) groups is 2. The molecule has 5 rings (SSSR count). The first-order chi connectivity index (χ1) is 17.3. The van der Waals surface area contributed by atoms with Crippen LogP contribution in [0.4, 0.5) is 8.78 Å². The second-order valence-electron chi connectivity index (χ2n) is 9.92. The average Bonchev–Trinajstić information content (AvgIpc) is 3.29. The van der Waals surface area contributed by atoms with E-state index in [1.807, 2.05) is 44.2 Å². The van der Waals surface area contributed by atoms with Crippen LogP contribution in [0.15, 0.2) is 59.3 Å². The summed E-state index contributed by atoms with van der Waals surface area (Å²) in [5.41, 5.74) is 0.905. The van der Waals surface area contributed by atoms with E-state index in [1.54, 1.807) is 12.1 Å². The largest absolute Gasteiger partial charge is 0.427 e. The standard InChI is InChI=1S/C27H28F2N4O3/c1-16(2)20-9-8-18(12-21(20)29)23(17-6-4-3-5-7-17)31-24(34)22-13-19(28)14-33(22)26(35)27(10-11-27)25-32-30-15-36-25/h3-9,12,15-16,19,22-23H,10-11,13-14H2,1-2H3,(H,31,34)/t19-,22+,23+/m1/s1. The van der Waals surface area contributed by atoms with Crippen molar-refractivity contribution in [1.29, 1.82) is 0 Å². The molecule has 36 heavy (non-hydrogen) atoms. The zero-order valence-electron chi connectivity index (χ0n) is 20.2. The van der Waals surface area contributed by atoms with Gasteiger partial charge < -0.3 is 14.6 Å². The van der Waals surface area contributed by atoms with Gasteiger partial charge in [-0.3, -0.25) is 9.59 Å². The van der Waals surface area contributed by atoms with Crippen molar-refractivity contribution in [3.05, 3.63) is 83.3 Å². The third kappa shape index (κ3) is 4.38. The number of aromatic nitrogens is 2. The molecule has 3 atom stereocenters. The maximum atomic E-state index is 14.9. The molecular weight excluding hydrogens is 466 g/mol. The van der Waals surface area contributed by atoms with Gasteiger partial charge in [0.25, 0.3) is 0 Å². The van der Waals surface area contributed by atoms with Crippen molar-refractivity contribution in [2.24, 2.45) is 0 Å². The summed E-state index contributed by atoms with van der Waals surface area (Å²) >= 11 is 0. The summed E-state index contributed by atoms with van der Waals surface area (Å²) in [7, 11) is 0. The fourth-order valence-corrected chi connectivity index (χ4v) is 4.99. The van der Waals surface area contributed by atoms with Crippen LogP contribution in [0.2, 0.25) is 0 Å². The van der Waals surface area contributed by atoms with E-state index >= 15 is 0 Å². The second-order valence-corrected chi connectivity index (χ2v) is 9.92. The molecule has 188 valence electrons. The molecule has 1 aliphatic carbocycles. The van der Waals surface area contributed by atoms with Gasteiger partial charge in [-0.25, -0.2) is 8.78 Å². The number of hydrogen-bond donors (Lipinski definition) is 1. The van der Waals surface area contributed by atoms with Crippen LogP contribution in [-0.4, -0.2) is 45.7 Å². The molecule has 1 saturated heterocycles. The van der Waals surface area contributed by atoms with Crippen molar-refractivity contribution >= 4 is 11.8 Å². The SMILES string of the molecule is CC(C)c1ccc([C@@H](NC(=O)[C@@H]2C[C@@H](F)CN2C(=O)C2(c3nnco3)CC2)c2ccccc2)cc1F. The summed E-state index contributed by atoms with van der Waals surface area (Å²) in [5.74, 6) is -1.02. The van der Waals surface area contributed by atoms with Crippen LogP contribution in [0.25, 0.3) is 0 Å². The van der Waals surface area contributed by atoms with Crippen LogP contribution in [0, 0.1) is 5.82 Å². The van der Waals surface area contributed by atoms with Gasteiger partial charge in [0.1, 0.15) is 23.4 Å². The number of hydrogen-bond acceptors (Lipinski definition) is 5. The summed E-state index contributed by atoms with van der Waals surface area (Å²) in [6.07, 6.45) is 0.720. The first kappa shape index (κ1) is 24.1. The Kier molecular flexibility index (Phi) is 6.32. The van der Waals surface area contributed by atoms with E-state index in [1.165, 1.54) is 11.0 Å². The van der Waals surface area contributed by atoms with Crippen LogP contribution < -0.4 is 5.32 Å². The van der Waals surface area contributed by atoms with Gasteiger partial charge in [-0.05, 0) is 41.5 Å². The van der Waals surface area contributed by atoms with E-state index < -0.39 is 29.6 Å². The molecule has 7 nitrogen and oxygen atoms in total. The lowest BCUT2D eigenvalue weighted by molar-refractivity contribution is -0.141. The third-order valence-electron chi connectivity index (χ3n) is 7.14. The highest BCUT2D eigenvalue weighted by Crippen LogP contribution is 2.49. The second kappa shape index (κ2) is 9.44. The van der Waals surface area contributed by atoms with Gasteiger partial charge in [0.2, 0.25) is 24.1 Å². The molecular formula is C27H28F2N4O3. The first-order valence-corrected chi connectivity index (χ1v) is 12.2. The molecule has 0 unspecified atom stereocenters. The highest BCUT2D eigenvalue weighted by atomic mass is 19.1. The Balaban J connectivity index is 1.42. The number of amides is 2. The van der Waals surface area contributed by atoms with E-state index in [9.17, 15) is 18.4 Å². The third-order valence-corrected chi connectivity index (χ3v) is 7.14. The number of halogens is 2. The monoisotopic (exact) mass is 494 g/mol. The number of nitrogens with zero attached hydrogens (tertiary/aromatic N) is 3. The highest BCUT2D eigenvalue weighted by Gasteiger charge is 2.59. The lowest BCUT2D eigenvalue weighted by atomic mass is 9.94. The molecule has 1 aromatic heterocycles. The number of rotatable bonds is 7. The highest BCUT2D eigenvalue weighted by molar-refractivity contribution is 5.95. The smallest absolute Gasteiger partial charge is 0.243 e. The number of nitrogens with one attached hydrogen (secondary N) is 1. The topological polar surface area (TPSA) is 88.3 Å². The Labute approximate surface area is 207 Å². The molecule has 1 aliphatic heterocycles. The van der Waals surface area contributed by atoms with Gasteiger partial charge >= 0.3 is 0 Å². The molecule has 0 bridgehead atoms. The molecule has 9 heteroatoms. The summed E-state index contributed by atoms with van der Waals surface area (Å²) in [4.78, 5) is 28.3. The van der Waals surface area contributed by atoms with Crippen molar-refractivity contribution in [3.8, 4) is 0 Å². The van der Waals surface area contributed by atoms with Gasteiger partial charge in [-0.15, -0.1) is 10.2 Å². The fourth-order valence-electron chi connectivity index (χ4n) is 4.99. The van der Waals surface area contributed by atoms with E-state index in [-0.39, 0.29) is 36.5 Å². The Morgan fingerprint density at radius 1 is 1.14 bits per heavy atom. The summed E-state index contributed by atoms with van der Waals surface area (Å²) < 4.78 is 34.7. The predicted molar refractivity (Wildman–Crippen MR) is 127 cm³/mol. The zero-order chi connectivity index (χ0) is 25.4. The van der Waals surface area contributed by atoms with E-state index in [0.29, 0.717) is 24.0 Å².